The van der Waals surface area contributed by atoms with E-state index in [4.69, 9.17) is 5.73 Å². The normalized spacial score (nSPS) is 14.4. The maximum atomic E-state index is 15.1. The topological polar surface area (TPSA) is 43.8 Å². The van der Waals surface area contributed by atoms with Crippen molar-refractivity contribution in [2.75, 3.05) is 6.54 Å². The van der Waals surface area contributed by atoms with Crippen molar-refractivity contribution < 1.29 is 4.39 Å². The fraction of sp³-hybridized carbons (Fsp3) is 0.357. The third-order valence-corrected chi connectivity index (χ3v) is 4.36. The smallest absolute Gasteiger partial charge is 0.153 e. The maximum Gasteiger partial charge on any atom is 0.153 e. The molecule has 1 aromatic carbocycles. The summed E-state index contributed by atoms with van der Waals surface area (Å²) < 4.78 is 17.7. The summed E-state index contributed by atoms with van der Waals surface area (Å²) in [6.07, 6.45) is 0.200. The van der Waals surface area contributed by atoms with Crippen LogP contribution < -0.4 is 5.73 Å². The zero-order valence-corrected chi connectivity index (χ0v) is 12.6. The third-order valence-electron chi connectivity index (χ3n) is 3.32. The minimum atomic E-state index is -1.58. The van der Waals surface area contributed by atoms with Gasteiger partial charge in [0.15, 0.2) is 5.67 Å². The van der Waals surface area contributed by atoms with Crippen molar-refractivity contribution in [2.45, 2.75) is 19.0 Å². The molecular weight excluding hydrogens is 309 g/mol. The van der Waals surface area contributed by atoms with Crippen LogP contribution in [0.1, 0.15) is 17.0 Å². The lowest BCUT2D eigenvalue weighted by atomic mass is 9.91. The molecule has 102 valence electrons. The Hall–Kier alpha value is -1.20. The van der Waals surface area contributed by atoms with Crippen LogP contribution in [0.3, 0.4) is 0 Å². The number of aromatic nitrogens is 2. The first-order valence-electron chi connectivity index (χ1n) is 6.10. The third kappa shape index (κ3) is 2.72. The number of nitrogens with zero attached hydrogens (tertiary/aromatic N) is 2. The second kappa shape index (κ2) is 5.43. The molecule has 0 saturated heterocycles. The maximum absolute atomic E-state index is 15.1. The van der Waals surface area contributed by atoms with Crippen LogP contribution in [0.25, 0.3) is 0 Å². The van der Waals surface area contributed by atoms with Crippen molar-refractivity contribution in [3.63, 3.8) is 0 Å². The molecule has 0 amide bonds. The van der Waals surface area contributed by atoms with Crippen LogP contribution in [0.15, 0.2) is 34.8 Å². The summed E-state index contributed by atoms with van der Waals surface area (Å²) in [6, 6.07) is 9.05. The number of halogens is 2. The van der Waals surface area contributed by atoms with Crippen LogP contribution >= 0.6 is 15.9 Å². The van der Waals surface area contributed by atoms with E-state index in [0.29, 0.717) is 5.56 Å². The number of benzene rings is 1. The Bertz CT molecular complexity index is 568. The Kier molecular flexibility index (Phi) is 4.06. The lowest BCUT2D eigenvalue weighted by molar-refractivity contribution is 0.171. The van der Waals surface area contributed by atoms with Crippen LogP contribution in [0.4, 0.5) is 4.39 Å². The Balaban J connectivity index is 2.39. The molecule has 1 atom stereocenters. The quantitative estimate of drug-likeness (QED) is 0.939. The van der Waals surface area contributed by atoms with Gasteiger partial charge in [-0.1, -0.05) is 30.3 Å². The molecule has 2 aromatic rings. The second-order valence-corrected chi connectivity index (χ2v) is 5.47. The van der Waals surface area contributed by atoms with Crippen molar-refractivity contribution in [3.05, 3.63) is 51.8 Å². The van der Waals surface area contributed by atoms with Crippen LogP contribution in [-0.4, -0.2) is 16.3 Å². The highest BCUT2D eigenvalue weighted by Crippen LogP contribution is 2.32. The Morgan fingerprint density at radius 3 is 2.47 bits per heavy atom. The molecule has 5 heteroatoms. The molecule has 0 aliphatic heterocycles. The van der Waals surface area contributed by atoms with Crippen LogP contribution in [0.2, 0.25) is 0 Å². The van der Waals surface area contributed by atoms with E-state index in [0.717, 1.165) is 15.9 Å². The number of hydrogen-bond donors (Lipinski definition) is 1. The van der Waals surface area contributed by atoms with Gasteiger partial charge in [0.2, 0.25) is 0 Å². The molecule has 0 aliphatic rings. The van der Waals surface area contributed by atoms with Gasteiger partial charge in [-0.3, -0.25) is 4.68 Å². The van der Waals surface area contributed by atoms with Gasteiger partial charge in [0, 0.05) is 20.0 Å². The molecule has 3 nitrogen and oxygen atoms in total. The number of alkyl halides is 1. The van der Waals surface area contributed by atoms with Crippen molar-refractivity contribution >= 4 is 15.9 Å². The first-order valence-corrected chi connectivity index (χ1v) is 6.89. The van der Waals surface area contributed by atoms with Crippen molar-refractivity contribution in [2.24, 2.45) is 12.8 Å². The fourth-order valence-electron chi connectivity index (χ4n) is 2.17. The molecular formula is C14H17BrFN3. The monoisotopic (exact) mass is 325 g/mol. The van der Waals surface area contributed by atoms with E-state index in [1.165, 1.54) is 0 Å². The number of hydrogen-bond acceptors (Lipinski definition) is 2. The molecule has 0 aliphatic carbocycles. The molecule has 0 spiro atoms. The van der Waals surface area contributed by atoms with Gasteiger partial charge in [-0.05, 0) is 28.4 Å². The minimum absolute atomic E-state index is 0.0618. The molecule has 0 bridgehead atoms. The van der Waals surface area contributed by atoms with E-state index >= 15 is 4.39 Å². The number of aryl methyl sites for hydroxylation is 2. The van der Waals surface area contributed by atoms with E-state index in [1.807, 2.05) is 32.2 Å². The Labute approximate surface area is 120 Å². The van der Waals surface area contributed by atoms with Crippen LogP contribution in [0, 0.1) is 6.92 Å². The van der Waals surface area contributed by atoms with Crippen molar-refractivity contribution in [3.8, 4) is 0 Å². The summed E-state index contributed by atoms with van der Waals surface area (Å²) in [5, 5.41) is 4.29. The van der Waals surface area contributed by atoms with Gasteiger partial charge in [0.1, 0.15) is 0 Å². The molecule has 1 aromatic heterocycles. The average Bonchev–Trinajstić information content (AvgIpc) is 2.66. The van der Waals surface area contributed by atoms with Gasteiger partial charge < -0.3 is 5.73 Å². The molecule has 2 rings (SSSR count). The lowest BCUT2D eigenvalue weighted by Gasteiger charge is -2.24. The molecule has 1 unspecified atom stereocenters. The molecule has 0 radical (unpaired) electrons. The zero-order valence-electron chi connectivity index (χ0n) is 11.0. The van der Waals surface area contributed by atoms with Gasteiger partial charge in [0.25, 0.3) is 0 Å². The van der Waals surface area contributed by atoms with E-state index in [1.54, 1.807) is 16.8 Å². The largest absolute Gasteiger partial charge is 0.327 e. The second-order valence-electron chi connectivity index (χ2n) is 4.68. The molecule has 2 N–H and O–H groups in total. The van der Waals surface area contributed by atoms with Gasteiger partial charge in [-0.25, -0.2) is 4.39 Å². The van der Waals surface area contributed by atoms with E-state index < -0.39 is 5.67 Å². The van der Waals surface area contributed by atoms with Gasteiger partial charge >= 0.3 is 0 Å². The predicted molar refractivity (Wildman–Crippen MR) is 77.6 cm³/mol. The van der Waals surface area contributed by atoms with E-state index in [2.05, 4.69) is 21.0 Å². The Morgan fingerprint density at radius 1 is 1.37 bits per heavy atom. The fourth-order valence-corrected chi connectivity index (χ4v) is 2.64. The highest BCUT2D eigenvalue weighted by Gasteiger charge is 2.33. The van der Waals surface area contributed by atoms with E-state index in [-0.39, 0.29) is 13.0 Å². The summed E-state index contributed by atoms with van der Waals surface area (Å²) in [4.78, 5) is 0. The van der Waals surface area contributed by atoms with Crippen LogP contribution in [0.5, 0.6) is 0 Å². The minimum Gasteiger partial charge on any atom is -0.327 e. The lowest BCUT2D eigenvalue weighted by Crippen LogP contribution is -2.33. The van der Waals surface area contributed by atoms with Crippen molar-refractivity contribution in [1.29, 1.82) is 0 Å². The molecule has 1 heterocycles. The summed E-state index contributed by atoms with van der Waals surface area (Å²) in [5.41, 5.74) is 6.36. The number of rotatable bonds is 4. The Morgan fingerprint density at radius 2 is 2.00 bits per heavy atom. The average molecular weight is 326 g/mol. The number of nitrogens with two attached hydrogens (primary N) is 1. The van der Waals surface area contributed by atoms with Crippen molar-refractivity contribution in [1.82, 2.24) is 9.78 Å². The van der Waals surface area contributed by atoms with Gasteiger partial charge in [-0.15, -0.1) is 0 Å². The summed E-state index contributed by atoms with van der Waals surface area (Å²) in [5.74, 6) is 0. The summed E-state index contributed by atoms with van der Waals surface area (Å²) in [6.45, 7) is 1.83. The first kappa shape index (κ1) is 14.2. The zero-order chi connectivity index (χ0) is 14.0. The SMILES string of the molecule is Cc1nn(C)c(CC(F)(CN)c2ccccc2)c1Br. The molecule has 19 heavy (non-hydrogen) atoms. The summed E-state index contributed by atoms with van der Waals surface area (Å²) >= 11 is 3.46. The predicted octanol–water partition coefficient (Wildman–Crippen LogP) is 2.86. The summed E-state index contributed by atoms with van der Waals surface area (Å²) in [7, 11) is 1.81. The molecule has 0 saturated carbocycles. The van der Waals surface area contributed by atoms with E-state index in [9.17, 15) is 0 Å². The highest BCUT2D eigenvalue weighted by molar-refractivity contribution is 9.10. The van der Waals surface area contributed by atoms with Crippen LogP contribution in [-0.2, 0) is 19.1 Å². The highest BCUT2D eigenvalue weighted by atomic mass is 79.9. The first-order chi connectivity index (χ1) is 8.98. The van der Waals surface area contributed by atoms with Gasteiger partial charge in [0.05, 0.1) is 15.9 Å². The van der Waals surface area contributed by atoms with Gasteiger partial charge in [-0.2, -0.15) is 5.10 Å². The standard InChI is InChI=1S/C14H17BrFN3/c1-10-13(15)12(19(2)18-10)8-14(16,9-17)11-6-4-3-5-7-11/h3-7H,8-9,17H2,1-2H3. The molecule has 0 fully saturated rings.